The number of halogens is 1. The molecule has 0 spiro atoms. The van der Waals surface area contributed by atoms with Gasteiger partial charge in [0.25, 0.3) is 0 Å². The van der Waals surface area contributed by atoms with E-state index in [-0.39, 0.29) is 24.4 Å². The number of hydrogen-bond acceptors (Lipinski definition) is 3. The third kappa shape index (κ3) is 6.08. The Morgan fingerprint density at radius 3 is 2.50 bits per heavy atom. The number of likely N-dealkylation sites (tertiary alicyclic amines) is 1. The lowest BCUT2D eigenvalue weighted by Gasteiger charge is -2.36. The molecule has 0 aromatic heterocycles. The number of amides is 1. The number of hydrogen-bond donors (Lipinski definition) is 1. The minimum atomic E-state index is -0.0195. The quantitative estimate of drug-likeness (QED) is 0.818. The molecule has 136 valence electrons. The Morgan fingerprint density at radius 1 is 1.29 bits per heavy atom. The van der Waals surface area contributed by atoms with E-state index >= 15 is 0 Å². The van der Waals surface area contributed by atoms with Crippen molar-refractivity contribution in [2.75, 3.05) is 33.7 Å². The summed E-state index contributed by atoms with van der Waals surface area (Å²) in [5.74, 6) is 1.03. The fourth-order valence-electron chi connectivity index (χ4n) is 3.39. The van der Waals surface area contributed by atoms with E-state index < -0.39 is 0 Å². The van der Waals surface area contributed by atoms with Crippen LogP contribution in [0.15, 0.2) is 30.3 Å². The largest absolute Gasteiger partial charge is 0.340 e. The molecular weight excluding hydrogens is 322 g/mol. The van der Waals surface area contributed by atoms with Crippen molar-refractivity contribution in [3.63, 3.8) is 0 Å². The van der Waals surface area contributed by atoms with Crippen LogP contribution in [0.1, 0.15) is 31.7 Å². The van der Waals surface area contributed by atoms with Gasteiger partial charge in [-0.15, -0.1) is 12.4 Å². The van der Waals surface area contributed by atoms with Crippen LogP contribution in [0.5, 0.6) is 0 Å². The Bertz CT molecular complexity index is 475. The molecule has 1 aliphatic heterocycles. The molecule has 0 radical (unpaired) electrons. The molecule has 1 aromatic rings. The van der Waals surface area contributed by atoms with E-state index in [1.165, 1.54) is 24.8 Å². The number of likely N-dealkylation sites (N-methyl/N-ethyl adjacent to an activating group) is 1. The number of carbonyl (C=O) groups excluding carboxylic acids is 1. The third-order valence-corrected chi connectivity index (χ3v) is 5.00. The molecule has 0 bridgehead atoms. The van der Waals surface area contributed by atoms with Crippen molar-refractivity contribution < 1.29 is 4.79 Å². The highest BCUT2D eigenvalue weighted by molar-refractivity contribution is 5.85. The highest BCUT2D eigenvalue weighted by atomic mass is 35.5. The van der Waals surface area contributed by atoms with Gasteiger partial charge in [-0.05, 0) is 64.3 Å². The molecule has 1 atom stereocenters. The molecule has 1 N–H and O–H groups in total. The lowest BCUT2D eigenvalue weighted by Crippen LogP contribution is -2.48. The highest BCUT2D eigenvalue weighted by Gasteiger charge is 2.28. The first kappa shape index (κ1) is 20.9. The number of nitrogens with zero attached hydrogens (tertiary/aromatic N) is 2. The van der Waals surface area contributed by atoms with Gasteiger partial charge in [0.05, 0.1) is 6.04 Å². The van der Waals surface area contributed by atoms with Crippen LogP contribution in [0.4, 0.5) is 0 Å². The zero-order valence-electron chi connectivity index (χ0n) is 15.2. The monoisotopic (exact) mass is 353 g/mol. The van der Waals surface area contributed by atoms with Crippen LogP contribution in [0.3, 0.4) is 0 Å². The molecule has 1 heterocycles. The molecule has 0 saturated carbocycles. The molecule has 5 heteroatoms. The van der Waals surface area contributed by atoms with Gasteiger partial charge in [0.15, 0.2) is 0 Å². The van der Waals surface area contributed by atoms with E-state index in [0.717, 1.165) is 25.6 Å². The Hall–Kier alpha value is -1.10. The predicted octanol–water partition coefficient (Wildman–Crippen LogP) is 2.78. The number of carbonyl (C=O) groups is 1. The van der Waals surface area contributed by atoms with Crippen molar-refractivity contribution in [2.45, 2.75) is 38.8 Å². The molecule has 0 aliphatic carbocycles. The first-order valence-corrected chi connectivity index (χ1v) is 8.79. The molecule has 1 aliphatic rings. The number of benzene rings is 1. The van der Waals surface area contributed by atoms with E-state index in [9.17, 15) is 4.79 Å². The van der Waals surface area contributed by atoms with Crippen LogP contribution in [0.25, 0.3) is 0 Å². The van der Waals surface area contributed by atoms with Crippen LogP contribution in [0.2, 0.25) is 0 Å². The molecule has 1 unspecified atom stereocenters. The summed E-state index contributed by atoms with van der Waals surface area (Å²) in [7, 11) is 3.92. The van der Waals surface area contributed by atoms with Crippen LogP contribution >= 0.6 is 12.4 Å². The zero-order chi connectivity index (χ0) is 16.7. The maximum Gasteiger partial charge on any atom is 0.239 e. The average molecular weight is 354 g/mol. The fourth-order valence-corrected chi connectivity index (χ4v) is 3.39. The second-order valence-electron chi connectivity index (χ2n) is 6.73. The second-order valence-corrected chi connectivity index (χ2v) is 6.73. The number of nitrogens with one attached hydrogen (secondary N) is 1. The van der Waals surface area contributed by atoms with E-state index in [0.29, 0.717) is 6.54 Å². The molecule has 1 fully saturated rings. The van der Waals surface area contributed by atoms with Crippen molar-refractivity contribution in [2.24, 2.45) is 5.92 Å². The van der Waals surface area contributed by atoms with Crippen LogP contribution in [0, 0.1) is 5.92 Å². The summed E-state index contributed by atoms with van der Waals surface area (Å²) in [5.41, 5.74) is 1.18. The summed E-state index contributed by atoms with van der Waals surface area (Å²) in [5, 5.41) is 3.23. The summed E-state index contributed by atoms with van der Waals surface area (Å²) in [4.78, 5) is 16.9. The summed E-state index contributed by atoms with van der Waals surface area (Å²) in [6.07, 6.45) is 3.67. The van der Waals surface area contributed by atoms with E-state index in [1.807, 2.05) is 37.2 Å². The van der Waals surface area contributed by atoms with Gasteiger partial charge in [-0.3, -0.25) is 9.69 Å². The molecule has 1 amide bonds. The van der Waals surface area contributed by atoms with Gasteiger partial charge in [-0.2, -0.15) is 0 Å². The van der Waals surface area contributed by atoms with Gasteiger partial charge in [0.1, 0.15) is 0 Å². The summed E-state index contributed by atoms with van der Waals surface area (Å²) in [6.45, 7) is 5.92. The Balaban J connectivity index is 0.00000288. The Labute approximate surface area is 153 Å². The van der Waals surface area contributed by atoms with Crippen molar-refractivity contribution in [1.82, 2.24) is 15.1 Å². The van der Waals surface area contributed by atoms with Gasteiger partial charge in [-0.1, -0.05) is 30.3 Å². The number of rotatable bonds is 7. The smallest absolute Gasteiger partial charge is 0.239 e. The van der Waals surface area contributed by atoms with Gasteiger partial charge >= 0.3 is 0 Å². The molecule has 2 rings (SSSR count). The maximum atomic E-state index is 12.7. The Kier molecular flexibility index (Phi) is 9.34. The molecule has 1 aromatic carbocycles. The fraction of sp³-hybridized carbons (Fsp3) is 0.632. The van der Waals surface area contributed by atoms with Crippen molar-refractivity contribution in [3.8, 4) is 0 Å². The van der Waals surface area contributed by atoms with Gasteiger partial charge in [-0.25, -0.2) is 0 Å². The minimum absolute atomic E-state index is 0. The lowest BCUT2D eigenvalue weighted by atomic mass is 9.92. The van der Waals surface area contributed by atoms with Gasteiger partial charge in [0, 0.05) is 13.6 Å². The molecule has 1 saturated heterocycles. The average Bonchev–Trinajstić information content (AvgIpc) is 2.60. The van der Waals surface area contributed by atoms with Crippen molar-refractivity contribution in [1.29, 1.82) is 0 Å². The van der Waals surface area contributed by atoms with Gasteiger partial charge < -0.3 is 10.2 Å². The molecule has 4 nitrogen and oxygen atoms in total. The topological polar surface area (TPSA) is 35.6 Å². The van der Waals surface area contributed by atoms with Crippen molar-refractivity contribution in [3.05, 3.63) is 35.9 Å². The lowest BCUT2D eigenvalue weighted by molar-refractivity contribution is -0.136. The standard InChI is InChI=1S/C19H31N3O.ClH/c1-16(22-13-10-17(11-14-22)9-12-20-2)19(23)21(3)15-18-7-5-4-6-8-18;/h4-8,16-17,20H,9-15H2,1-3H3;1H. The first-order valence-electron chi connectivity index (χ1n) is 8.79. The van der Waals surface area contributed by atoms with Crippen LogP contribution < -0.4 is 5.32 Å². The highest BCUT2D eigenvalue weighted by Crippen LogP contribution is 2.22. The molecule has 24 heavy (non-hydrogen) atoms. The SMILES string of the molecule is CNCCC1CCN(C(C)C(=O)N(C)Cc2ccccc2)CC1.Cl. The number of piperidine rings is 1. The normalized spacial score (nSPS) is 17.1. The predicted molar refractivity (Wildman–Crippen MR) is 102 cm³/mol. The van der Waals surface area contributed by atoms with Crippen LogP contribution in [-0.2, 0) is 11.3 Å². The van der Waals surface area contributed by atoms with E-state index in [4.69, 9.17) is 0 Å². The van der Waals surface area contributed by atoms with E-state index in [1.54, 1.807) is 0 Å². The van der Waals surface area contributed by atoms with E-state index in [2.05, 4.69) is 29.3 Å². The summed E-state index contributed by atoms with van der Waals surface area (Å²) >= 11 is 0. The minimum Gasteiger partial charge on any atom is -0.340 e. The summed E-state index contributed by atoms with van der Waals surface area (Å²) < 4.78 is 0. The third-order valence-electron chi connectivity index (χ3n) is 5.00. The maximum absolute atomic E-state index is 12.7. The van der Waals surface area contributed by atoms with Crippen LogP contribution in [-0.4, -0.2) is 55.5 Å². The second kappa shape index (κ2) is 10.7. The molecular formula is C19H32ClN3O. The first-order chi connectivity index (χ1) is 11.1. The van der Waals surface area contributed by atoms with Crippen molar-refractivity contribution >= 4 is 18.3 Å². The zero-order valence-corrected chi connectivity index (χ0v) is 16.0. The van der Waals surface area contributed by atoms with Gasteiger partial charge in [0.2, 0.25) is 5.91 Å². The Morgan fingerprint density at radius 2 is 1.92 bits per heavy atom. The summed E-state index contributed by atoms with van der Waals surface area (Å²) in [6, 6.07) is 10.2.